The molecule has 0 amide bonds. The fourth-order valence-corrected chi connectivity index (χ4v) is 2.27. The van der Waals surface area contributed by atoms with Gasteiger partial charge >= 0.3 is 0 Å². The van der Waals surface area contributed by atoms with Gasteiger partial charge in [0.1, 0.15) is 0 Å². The number of anilines is 2. The molecule has 1 aliphatic carbocycles. The van der Waals surface area contributed by atoms with Crippen LogP contribution in [-0.4, -0.2) is 11.5 Å². The topological polar surface area (TPSA) is 50.9 Å². The van der Waals surface area contributed by atoms with Gasteiger partial charge in [0.25, 0.3) is 0 Å². The molecule has 0 bridgehead atoms. The predicted molar refractivity (Wildman–Crippen MR) is 66.7 cm³/mol. The van der Waals surface area contributed by atoms with E-state index in [2.05, 4.69) is 40.1 Å². The van der Waals surface area contributed by atoms with E-state index in [-0.39, 0.29) is 0 Å². The van der Waals surface area contributed by atoms with Gasteiger partial charge in [0, 0.05) is 12.7 Å². The van der Waals surface area contributed by atoms with Gasteiger partial charge in [-0.1, -0.05) is 13.8 Å². The monoisotopic (exact) mass is 269 g/mol. The number of rotatable bonds is 3. The van der Waals surface area contributed by atoms with Crippen LogP contribution in [0.3, 0.4) is 0 Å². The molecule has 0 aliphatic heterocycles. The van der Waals surface area contributed by atoms with E-state index in [9.17, 15) is 0 Å². The first-order valence-corrected chi connectivity index (χ1v) is 5.93. The number of halogens is 1. The van der Waals surface area contributed by atoms with E-state index in [1.807, 2.05) is 0 Å². The lowest BCUT2D eigenvalue weighted by atomic mass is 10.1. The highest BCUT2D eigenvalue weighted by Gasteiger charge is 2.45. The Bertz CT molecular complexity index is 356. The van der Waals surface area contributed by atoms with Crippen molar-refractivity contribution in [2.24, 2.45) is 11.3 Å². The first kappa shape index (κ1) is 10.7. The second-order valence-electron chi connectivity index (χ2n) is 4.86. The Morgan fingerprint density at radius 2 is 2.27 bits per heavy atom. The summed E-state index contributed by atoms with van der Waals surface area (Å²) in [7, 11) is 0. The second-order valence-corrected chi connectivity index (χ2v) is 5.71. The number of nitrogens with one attached hydrogen (secondary N) is 1. The molecular formula is C11H16BrN3. The highest BCUT2D eigenvalue weighted by molar-refractivity contribution is 9.10. The van der Waals surface area contributed by atoms with Crippen LogP contribution in [0.5, 0.6) is 0 Å². The number of aromatic nitrogens is 1. The van der Waals surface area contributed by atoms with Gasteiger partial charge in [-0.3, -0.25) is 4.98 Å². The number of hydrogen-bond donors (Lipinski definition) is 2. The van der Waals surface area contributed by atoms with Crippen LogP contribution in [0.25, 0.3) is 0 Å². The minimum absolute atomic E-state index is 0.501. The molecule has 3 nitrogen and oxygen atoms in total. The predicted octanol–water partition coefficient (Wildman–Crippen LogP) is 2.88. The zero-order valence-electron chi connectivity index (χ0n) is 9.05. The third-order valence-corrected chi connectivity index (χ3v) is 3.77. The molecule has 15 heavy (non-hydrogen) atoms. The van der Waals surface area contributed by atoms with Crippen LogP contribution in [0.15, 0.2) is 16.9 Å². The maximum Gasteiger partial charge on any atom is 0.0750 e. The second kappa shape index (κ2) is 3.67. The third kappa shape index (κ3) is 2.25. The van der Waals surface area contributed by atoms with Crippen LogP contribution in [0.1, 0.15) is 20.3 Å². The number of nitrogens with two attached hydrogens (primary N) is 1. The fraction of sp³-hybridized carbons (Fsp3) is 0.545. The van der Waals surface area contributed by atoms with Crippen molar-refractivity contribution in [2.75, 3.05) is 17.6 Å². The van der Waals surface area contributed by atoms with Gasteiger partial charge in [-0.2, -0.15) is 0 Å². The highest BCUT2D eigenvalue weighted by atomic mass is 79.9. The van der Waals surface area contributed by atoms with Crippen LogP contribution in [0, 0.1) is 11.3 Å². The van der Waals surface area contributed by atoms with E-state index >= 15 is 0 Å². The Morgan fingerprint density at radius 3 is 2.80 bits per heavy atom. The van der Waals surface area contributed by atoms with Gasteiger partial charge in [-0.15, -0.1) is 0 Å². The number of hydrogen-bond acceptors (Lipinski definition) is 3. The number of nitrogens with zero attached hydrogens (tertiary/aromatic N) is 1. The molecule has 0 radical (unpaired) electrons. The summed E-state index contributed by atoms with van der Waals surface area (Å²) in [5, 5.41) is 3.39. The molecule has 1 aliphatic rings. The summed E-state index contributed by atoms with van der Waals surface area (Å²) in [6, 6.07) is 0. The SMILES string of the molecule is CC1(C)CC1CNc1c(N)cncc1Br. The molecule has 1 fully saturated rings. The van der Waals surface area contributed by atoms with Gasteiger partial charge in [-0.05, 0) is 33.7 Å². The molecule has 0 saturated heterocycles. The van der Waals surface area contributed by atoms with E-state index < -0.39 is 0 Å². The Balaban J connectivity index is 2.00. The molecular weight excluding hydrogens is 254 g/mol. The van der Waals surface area contributed by atoms with Crippen molar-refractivity contribution < 1.29 is 0 Å². The molecule has 1 aromatic rings. The molecule has 1 saturated carbocycles. The smallest absolute Gasteiger partial charge is 0.0750 e. The Labute approximate surface area is 98.6 Å². The molecule has 0 aromatic carbocycles. The summed E-state index contributed by atoms with van der Waals surface area (Å²) < 4.78 is 0.931. The van der Waals surface area contributed by atoms with Crippen molar-refractivity contribution >= 4 is 27.3 Å². The molecule has 82 valence electrons. The molecule has 4 heteroatoms. The zero-order chi connectivity index (χ0) is 11.1. The molecule has 1 unspecified atom stereocenters. The highest BCUT2D eigenvalue weighted by Crippen LogP contribution is 2.51. The minimum Gasteiger partial charge on any atom is -0.396 e. The van der Waals surface area contributed by atoms with Crippen molar-refractivity contribution in [3.05, 3.63) is 16.9 Å². The van der Waals surface area contributed by atoms with E-state index in [4.69, 9.17) is 5.73 Å². The van der Waals surface area contributed by atoms with E-state index in [0.717, 1.165) is 22.6 Å². The Kier molecular flexibility index (Phi) is 2.63. The molecule has 1 heterocycles. The maximum absolute atomic E-state index is 5.84. The van der Waals surface area contributed by atoms with Gasteiger partial charge in [-0.25, -0.2) is 0 Å². The largest absolute Gasteiger partial charge is 0.396 e. The van der Waals surface area contributed by atoms with Crippen molar-refractivity contribution in [1.29, 1.82) is 0 Å². The van der Waals surface area contributed by atoms with Gasteiger partial charge in [0.05, 0.1) is 22.0 Å². The lowest BCUT2D eigenvalue weighted by Crippen LogP contribution is -2.09. The summed E-state index contributed by atoms with van der Waals surface area (Å²) in [6.07, 6.45) is 4.73. The van der Waals surface area contributed by atoms with Crippen LogP contribution in [-0.2, 0) is 0 Å². The lowest BCUT2D eigenvalue weighted by molar-refractivity contribution is 0.573. The molecule has 2 rings (SSSR count). The summed E-state index contributed by atoms with van der Waals surface area (Å²) in [5.74, 6) is 0.761. The summed E-state index contributed by atoms with van der Waals surface area (Å²) in [6.45, 7) is 5.58. The van der Waals surface area contributed by atoms with Gasteiger partial charge in [0.2, 0.25) is 0 Å². The summed E-state index contributed by atoms with van der Waals surface area (Å²) in [4.78, 5) is 4.00. The van der Waals surface area contributed by atoms with E-state index in [1.165, 1.54) is 6.42 Å². The van der Waals surface area contributed by atoms with Crippen LogP contribution >= 0.6 is 15.9 Å². The van der Waals surface area contributed by atoms with Crippen molar-refractivity contribution in [1.82, 2.24) is 4.98 Å². The first-order valence-electron chi connectivity index (χ1n) is 5.13. The normalized spacial score (nSPS) is 22.5. The van der Waals surface area contributed by atoms with E-state index in [1.54, 1.807) is 12.4 Å². The fourth-order valence-electron chi connectivity index (χ4n) is 1.79. The minimum atomic E-state index is 0.501. The van der Waals surface area contributed by atoms with Crippen LogP contribution in [0.2, 0.25) is 0 Å². The zero-order valence-corrected chi connectivity index (χ0v) is 10.6. The number of pyridine rings is 1. The summed E-state index contributed by atoms with van der Waals surface area (Å²) >= 11 is 3.44. The average Bonchev–Trinajstić information content (AvgIpc) is 2.73. The number of nitrogen functional groups attached to an aromatic ring is 1. The summed E-state index contributed by atoms with van der Waals surface area (Å²) in [5.41, 5.74) is 8.00. The Hall–Kier alpha value is -0.770. The van der Waals surface area contributed by atoms with Gasteiger partial charge in [0.15, 0.2) is 0 Å². The molecule has 1 aromatic heterocycles. The Morgan fingerprint density at radius 1 is 1.60 bits per heavy atom. The van der Waals surface area contributed by atoms with Gasteiger partial charge < -0.3 is 11.1 Å². The average molecular weight is 270 g/mol. The molecule has 0 spiro atoms. The lowest BCUT2D eigenvalue weighted by Gasteiger charge is -2.11. The maximum atomic E-state index is 5.84. The standard InChI is InChI=1S/C11H16BrN3/c1-11(2)3-7(11)4-15-10-8(12)5-14-6-9(10)13/h5-7H,3-4,13H2,1-2H3,(H,14,15). The van der Waals surface area contributed by atoms with Crippen LogP contribution < -0.4 is 11.1 Å². The molecule has 1 atom stereocenters. The van der Waals surface area contributed by atoms with Crippen molar-refractivity contribution in [3.8, 4) is 0 Å². The van der Waals surface area contributed by atoms with E-state index in [0.29, 0.717) is 11.1 Å². The molecule has 3 N–H and O–H groups in total. The first-order chi connectivity index (χ1) is 7.00. The van der Waals surface area contributed by atoms with Crippen LogP contribution in [0.4, 0.5) is 11.4 Å². The van der Waals surface area contributed by atoms with Crippen molar-refractivity contribution in [3.63, 3.8) is 0 Å². The van der Waals surface area contributed by atoms with Crippen molar-refractivity contribution in [2.45, 2.75) is 20.3 Å². The third-order valence-electron chi connectivity index (χ3n) is 3.17. The quantitative estimate of drug-likeness (QED) is 0.887.